The Hall–Kier alpha value is -7.96. The van der Waals surface area contributed by atoms with Crippen molar-refractivity contribution in [2.24, 2.45) is 0 Å². The van der Waals surface area contributed by atoms with Crippen LogP contribution in [0.3, 0.4) is 0 Å². The summed E-state index contributed by atoms with van der Waals surface area (Å²) >= 11 is 0. The summed E-state index contributed by atoms with van der Waals surface area (Å²) in [5.41, 5.74) is 12.4. The Balaban J connectivity index is 0.876. The predicted octanol–water partition coefficient (Wildman–Crippen LogP) is 15.3. The fourth-order valence-electron chi connectivity index (χ4n) is 13.9. The highest BCUT2D eigenvalue weighted by Crippen LogP contribution is 2.50. The molecular formula is C74H68N2O2. The van der Waals surface area contributed by atoms with Crippen molar-refractivity contribution in [2.45, 2.75) is 72.9 Å². The first kappa shape index (κ1) is 50.8. The van der Waals surface area contributed by atoms with Gasteiger partial charge in [0.1, 0.15) is 0 Å². The zero-order valence-corrected chi connectivity index (χ0v) is 44.2. The molecule has 4 heteroatoms. The molecule has 12 rings (SSSR count). The molecule has 2 unspecified atom stereocenters. The molecule has 2 fully saturated rings. The predicted molar refractivity (Wildman–Crippen MR) is 318 cm³/mol. The van der Waals surface area contributed by atoms with Gasteiger partial charge in [-0.25, -0.2) is 0 Å². The van der Waals surface area contributed by atoms with E-state index in [0.717, 1.165) is 72.2 Å². The number of benzene rings is 10. The number of hydrogen-bond acceptors (Lipinski definition) is 4. The molecule has 2 aliphatic heterocycles. The Morgan fingerprint density at radius 3 is 0.744 bits per heavy atom. The van der Waals surface area contributed by atoms with Gasteiger partial charge in [-0.3, -0.25) is 9.80 Å². The van der Waals surface area contributed by atoms with E-state index in [0.29, 0.717) is 0 Å². The smallest absolute Gasteiger partial charge is 0.0976 e. The first-order chi connectivity index (χ1) is 38.6. The molecule has 2 heterocycles. The number of aliphatic hydroxyl groups excluding tert-OH is 2. The van der Waals surface area contributed by atoms with Gasteiger partial charge in [0, 0.05) is 37.0 Å². The van der Waals surface area contributed by atoms with Crippen molar-refractivity contribution in [3.63, 3.8) is 0 Å². The van der Waals surface area contributed by atoms with Crippen molar-refractivity contribution >= 4 is 0 Å². The summed E-state index contributed by atoms with van der Waals surface area (Å²) in [7, 11) is 0. The molecule has 2 saturated heterocycles. The molecule has 10 aromatic carbocycles. The lowest BCUT2D eigenvalue weighted by molar-refractivity contribution is 0.0245. The van der Waals surface area contributed by atoms with Gasteiger partial charge < -0.3 is 10.2 Å². The lowest BCUT2D eigenvalue weighted by atomic mass is 9.74. The van der Waals surface area contributed by atoms with Gasteiger partial charge in [-0.05, 0) is 92.4 Å². The maximum absolute atomic E-state index is 13.2. The molecule has 2 N–H and O–H groups in total. The first-order valence-electron chi connectivity index (χ1n) is 28.1. The molecule has 2 aliphatic rings. The molecule has 10 aromatic rings. The minimum absolute atomic E-state index is 0.154. The molecule has 0 aliphatic carbocycles. The van der Waals surface area contributed by atoms with E-state index in [2.05, 4.69) is 301 Å². The number of hydrogen-bond donors (Lipinski definition) is 2. The normalized spacial score (nSPS) is 17.8. The maximum Gasteiger partial charge on any atom is 0.0976 e. The second-order valence-electron chi connectivity index (χ2n) is 21.4. The molecule has 0 amide bonds. The lowest BCUT2D eigenvalue weighted by Crippen LogP contribution is -2.54. The van der Waals surface area contributed by atoms with Gasteiger partial charge >= 0.3 is 0 Å². The topological polar surface area (TPSA) is 46.9 Å². The quantitative estimate of drug-likeness (QED) is 0.0893. The summed E-state index contributed by atoms with van der Waals surface area (Å²) in [5, 5.41) is 26.5. The Morgan fingerprint density at radius 2 is 0.500 bits per heavy atom. The maximum atomic E-state index is 13.2. The van der Waals surface area contributed by atoms with Crippen molar-refractivity contribution in [1.29, 1.82) is 0 Å². The van der Waals surface area contributed by atoms with Crippen molar-refractivity contribution in [3.8, 4) is 11.1 Å². The van der Waals surface area contributed by atoms with Crippen LogP contribution in [0.5, 0.6) is 0 Å². The number of aliphatic hydroxyl groups is 2. The van der Waals surface area contributed by atoms with E-state index in [9.17, 15) is 10.2 Å². The van der Waals surface area contributed by atoms with E-state index in [1.54, 1.807) is 0 Å². The van der Waals surface area contributed by atoms with Gasteiger partial charge in [0.15, 0.2) is 0 Å². The average Bonchev–Trinajstić information content (AvgIpc) is 4.24. The van der Waals surface area contributed by atoms with Gasteiger partial charge in [0.05, 0.1) is 23.3 Å². The highest BCUT2D eigenvalue weighted by molar-refractivity contribution is 5.65. The number of rotatable bonds is 17. The highest BCUT2D eigenvalue weighted by Gasteiger charge is 2.51. The monoisotopic (exact) mass is 1020 g/mol. The van der Waals surface area contributed by atoms with E-state index < -0.39 is 23.3 Å². The summed E-state index contributed by atoms with van der Waals surface area (Å²) in [5.74, 6) is -0.554. The average molecular weight is 1020 g/mol. The van der Waals surface area contributed by atoms with Gasteiger partial charge in [0.2, 0.25) is 0 Å². The molecule has 6 atom stereocenters. The summed E-state index contributed by atoms with van der Waals surface area (Å²) in [6.07, 6.45) is 2.26. The summed E-state index contributed by atoms with van der Waals surface area (Å²) in [6, 6.07) is 104. The van der Waals surface area contributed by atoms with Crippen molar-refractivity contribution in [2.75, 3.05) is 13.1 Å². The van der Waals surface area contributed by atoms with E-state index in [4.69, 9.17) is 0 Å². The van der Waals surface area contributed by atoms with Crippen molar-refractivity contribution < 1.29 is 10.2 Å². The van der Waals surface area contributed by atoms with Gasteiger partial charge in [0.25, 0.3) is 0 Å². The zero-order valence-electron chi connectivity index (χ0n) is 44.2. The van der Waals surface area contributed by atoms with Crippen LogP contribution >= 0.6 is 0 Å². The standard InChI is InChI=1S/C74H68N2O2/c77-71(67-43-25-53-75(67)73(61-31-13-3-14-32-61,62-33-15-4-16-34-62)63-35-17-5-18-36-63)69(57-27-9-1-10-28-57)59-49-45-55(46-50-59)56-47-51-60(52-48-56)70(58-29-11-2-12-30-58)72(78)68-44-26-54-76(68)74(64-37-19-6-20-38-64,65-39-21-7-22-40-65)66-41-23-8-24-42-66/h1-24,27-42,45-52,67-72,77-78H,25-26,43-44,53-54H2/t67-,68-,69?,70?,71-,72+/m1/s1. The molecule has 386 valence electrons. The minimum atomic E-state index is -0.717. The third-order valence-electron chi connectivity index (χ3n) is 17.3. The van der Waals surface area contributed by atoms with Crippen LogP contribution in [0.1, 0.15) is 93.2 Å². The zero-order chi connectivity index (χ0) is 52.7. The number of likely N-dealkylation sites (tertiary alicyclic amines) is 2. The third kappa shape index (κ3) is 9.43. The Kier molecular flexibility index (Phi) is 14.9. The summed E-state index contributed by atoms with van der Waals surface area (Å²) in [4.78, 5) is 5.22. The van der Waals surface area contributed by atoms with Gasteiger partial charge in [-0.2, -0.15) is 0 Å². The lowest BCUT2D eigenvalue weighted by Gasteiger charge is -2.48. The van der Waals surface area contributed by atoms with Crippen molar-refractivity contribution in [1.82, 2.24) is 9.80 Å². The van der Waals surface area contributed by atoms with E-state index >= 15 is 0 Å². The molecule has 78 heavy (non-hydrogen) atoms. The van der Waals surface area contributed by atoms with Crippen LogP contribution < -0.4 is 0 Å². The van der Waals surface area contributed by atoms with Crippen LogP contribution in [0.2, 0.25) is 0 Å². The fraction of sp³-hybridized carbons (Fsp3) is 0.189. The molecule has 4 nitrogen and oxygen atoms in total. The minimum Gasteiger partial charge on any atom is -0.391 e. The van der Waals surface area contributed by atoms with E-state index in [-0.39, 0.29) is 23.9 Å². The summed E-state index contributed by atoms with van der Waals surface area (Å²) in [6.45, 7) is 1.68. The third-order valence-corrected chi connectivity index (χ3v) is 17.3. The second-order valence-corrected chi connectivity index (χ2v) is 21.4. The Bertz CT molecular complexity index is 3010. The van der Waals surface area contributed by atoms with E-state index in [1.165, 1.54) is 33.4 Å². The summed E-state index contributed by atoms with van der Waals surface area (Å²) < 4.78 is 0. The fourth-order valence-corrected chi connectivity index (χ4v) is 13.9. The molecule has 0 saturated carbocycles. The van der Waals surface area contributed by atoms with Crippen LogP contribution in [-0.4, -0.2) is 57.4 Å². The largest absolute Gasteiger partial charge is 0.391 e. The van der Waals surface area contributed by atoms with Gasteiger partial charge in [-0.1, -0.05) is 291 Å². The molecule has 0 bridgehead atoms. The first-order valence-corrected chi connectivity index (χ1v) is 28.1. The molecule has 0 radical (unpaired) electrons. The Morgan fingerprint density at radius 1 is 0.282 bits per heavy atom. The van der Waals surface area contributed by atoms with Crippen LogP contribution in [0.4, 0.5) is 0 Å². The Labute approximate surface area is 461 Å². The van der Waals surface area contributed by atoms with Crippen LogP contribution in [0.25, 0.3) is 11.1 Å². The highest BCUT2D eigenvalue weighted by atomic mass is 16.3. The number of nitrogens with zero attached hydrogens (tertiary/aromatic N) is 2. The second kappa shape index (κ2) is 22.9. The molecular weight excluding hydrogens is 949 g/mol. The van der Waals surface area contributed by atoms with Gasteiger partial charge in [-0.15, -0.1) is 0 Å². The van der Waals surface area contributed by atoms with Crippen molar-refractivity contribution in [3.05, 3.63) is 347 Å². The molecule has 0 spiro atoms. The van der Waals surface area contributed by atoms with E-state index in [1.807, 2.05) is 0 Å². The SMILES string of the molecule is O[C@H](C(c1ccccc1)c1ccc(-c2ccc(C(c3ccccc3)[C@H](O)[C@H]3CCCN3C(c3ccccc3)(c3ccccc3)c3ccccc3)cc2)cc1)[C@H]1CCCN1C(c1ccccc1)(c1ccccc1)c1ccccc1. The van der Waals surface area contributed by atoms with Crippen LogP contribution in [0.15, 0.2) is 291 Å². The molecule has 0 aromatic heterocycles. The van der Waals surface area contributed by atoms with Crippen LogP contribution in [0, 0.1) is 0 Å². The van der Waals surface area contributed by atoms with Crippen LogP contribution in [-0.2, 0) is 11.1 Å².